The Bertz CT molecular complexity index is 1140. The molecule has 0 N–H and O–H groups in total. The lowest BCUT2D eigenvalue weighted by Gasteiger charge is -2.37. The lowest BCUT2D eigenvalue weighted by Crippen LogP contribution is -2.46. The molecular weight excluding hydrogens is 423 g/mol. The van der Waals surface area contributed by atoms with E-state index in [1.54, 1.807) is 23.5 Å². The molecule has 1 atom stereocenters. The van der Waals surface area contributed by atoms with Gasteiger partial charge in [-0.1, -0.05) is 42.0 Å². The average Bonchev–Trinajstić information content (AvgIpc) is 3.27. The van der Waals surface area contributed by atoms with Gasteiger partial charge in [-0.25, -0.2) is 4.39 Å². The monoisotopic (exact) mass is 448 g/mol. The number of fused-ring (bicyclic) bond motifs is 1. The molecule has 0 saturated heterocycles. The molecule has 164 valence electrons. The Morgan fingerprint density at radius 2 is 2.00 bits per heavy atom. The van der Waals surface area contributed by atoms with Gasteiger partial charge in [-0.2, -0.15) is 0 Å². The van der Waals surface area contributed by atoms with Crippen molar-refractivity contribution in [2.75, 3.05) is 19.6 Å². The molecule has 6 heteroatoms. The van der Waals surface area contributed by atoms with Crippen LogP contribution in [0, 0.1) is 12.7 Å². The van der Waals surface area contributed by atoms with Gasteiger partial charge in [0.25, 0.3) is 5.91 Å². The zero-order valence-electron chi connectivity index (χ0n) is 18.0. The number of aryl methyl sites for hydroxylation is 1. The third-order valence-corrected chi connectivity index (χ3v) is 6.71. The third-order valence-electron chi connectivity index (χ3n) is 5.71. The van der Waals surface area contributed by atoms with E-state index in [2.05, 4.69) is 42.3 Å². The van der Waals surface area contributed by atoms with Crippen LogP contribution in [0.25, 0.3) is 0 Å². The maximum Gasteiger partial charge on any atom is 0.254 e. The van der Waals surface area contributed by atoms with E-state index >= 15 is 0 Å². The molecule has 2 aromatic carbocycles. The molecule has 2 heterocycles. The summed E-state index contributed by atoms with van der Waals surface area (Å²) in [6, 6.07) is 15.7. The zero-order valence-corrected chi connectivity index (χ0v) is 18.8. The van der Waals surface area contributed by atoms with Crippen LogP contribution in [0.3, 0.4) is 0 Å². The number of hydrogen-bond acceptors (Lipinski definition) is 3. The van der Waals surface area contributed by atoms with Crippen LogP contribution in [0.15, 0.2) is 72.6 Å². The summed E-state index contributed by atoms with van der Waals surface area (Å²) in [6.45, 7) is 6.44. The van der Waals surface area contributed by atoms with Crippen LogP contribution >= 0.6 is 11.3 Å². The second-order valence-electron chi connectivity index (χ2n) is 7.93. The first-order chi connectivity index (χ1) is 15.5. The third kappa shape index (κ3) is 4.50. The highest BCUT2D eigenvalue weighted by molar-refractivity contribution is 7.10. The standard InChI is InChI=1S/C26H25FN2O2S/c1-3-13-28(26(31)20-5-4-6-21(27)16-20)17-24(30)29-14-11-23-22(12-15-32-23)25(29)19-9-7-18(2)8-10-19/h3-10,12,15-16,25H,1,11,13-14,17H2,2H3. The summed E-state index contributed by atoms with van der Waals surface area (Å²) >= 11 is 1.71. The van der Waals surface area contributed by atoms with Crippen molar-refractivity contribution in [2.45, 2.75) is 19.4 Å². The summed E-state index contributed by atoms with van der Waals surface area (Å²) in [7, 11) is 0. The second-order valence-corrected chi connectivity index (χ2v) is 8.93. The van der Waals surface area contributed by atoms with E-state index in [1.807, 2.05) is 11.8 Å². The molecule has 0 radical (unpaired) electrons. The van der Waals surface area contributed by atoms with Crippen LogP contribution in [0.1, 0.15) is 38.0 Å². The number of carbonyl (C=O) groups excluding carboxylic acids is 2. The van der Waals surface area contributed by atoms with E-state index < -0.39 is 11.7 Å². The molecule has 0 spiro atoms. The fourth-order valence-corrected chi connectivity index (χ4v) is 5.03. The fraction of sp³-hybridized carbons (Fsp3) is 0.231. The number of benzene rings is 2. The van der Waals surface area contributed by atoms with Gasteiger partial charge in [-0.15, -0.1) is 17.9 Å². The first kappa shape index (κ1) is 22.0. The molecule has 1 aliphatic rings. The Kier molecular flexibility index (Phi) is 6.51. The van der Waals surface area contributed by atoms with Crippen molar-refractivity contribution in [3.63, 3.8) is 0 Å². The van der Waals surface area contributed by atoms with E-state index in [0.717, 1.165) is 23.1 Å². The van der Waals surface area contributed by atoms with E-state index in [-0.39, 0.29) is 30.6 Å². The number of thiophene rings is 1. The molecule has 2 amide bonds. The quantitative estimate of drug-likeness (QED) is 0.498. The Balaban J connectivity index is 1.61. The number of hydrogen-bond donors (Lipinski definition) is 0. The SMILES string of the molecule is C=CCN(CC(=O)N1CCc2sccc2C1c1ccc(C)cc1)C(=O)c1cccc(F)c1. The molecule has 4 rings (SSSR count). The van der Waals surface area contributed by atoms with Crippen molar-refractivity contribution in [2.24, 2.45) is 0 Å². The Hall–Kier alpha value is -3.25. The van der Waals surface area contributed by atoms with Crippen LogP contribution in [0.2, 0.25) is 0 Å². The van der Waals surface area contributed by atoms with Crippen LogP contribution in [0.5, 0.6) is 0 Å². The molecule has 1 aliphatic heterocycles. The van der Waals surface area contributed by atoms with Crippen LogP contribution in [-0.4, -0.2) is 41.2 Å². The molecule has 3 aromatic rings. The smallest absolute Gasteiger partial charge is 0.254 e. The van der Waals surface area contributed by atoms with Crippen molar-refractivity contribution in [1.82, 2.24) is 9.80 Å². The lowest BCUT2D eigenvalue weighted by atomic mass is 9.92. The second kappa shape index (κ2) is 9.49. The van der Waals surface area contributed by atoms with E-state index in [1.165, 1.54) is 28.0 Å². The molecule has 0 saturated carbocycles. The van der Waals surface area contributed by atoms with Crippen molar-refractivity contribution in [1.29, 1.82) is 0 Å². The topological polar surface area (TPSA) is 40.6 Å². The number of rotatable bonds is 6. The predicted molar refractivity (Wildman–Crippen MR) is 125 cm³/mol. The minimum Gasteiger partial charge on any atom is -0.330 e. The molecule has 0 fully saturated rings. The summed E-state index contributed by atoms with van der Waals surface area (Å²) in [5.74, 6) is -1.02. The van der Waals surface area contributed by atoms with Gasteiger partial charge < -0.3 is 9.80 Å². The molecule has 0 aliphatic carbocycles. The number of nitrogens with zero attached hydrogens (tertiary/aromatic N) is 2. The van der Waals surface area contributed by atoms with E-state index in [4.69, 9.17) is 0 Å². The summed E-state index contributed by atoms with van der Waals surface area (Å²) in [6.07, 6.45) is 2.37. The number of carbonyl (C=O) groups is 2. The molecule has 4 nitrogen and oxygen atoms in total. The number of halogens is 1. The van der Waals surface area contributed by atoms with Crippen molar-refractivity contribution >= 4 is 23.2 Å². The van der Waals surface area contributed by atoms with E-state index in [9.17, 15) is 14.0 Å². The molecule has 0 bridgehead atoms. The van der Waals surface area contributed by atoms with Gasteiger partial charge in [0.2, 0.25) is 5.91 Å². The van der Waals surface area contributed by atoms with Crippen LogP contribution in [0.4, 0.5) is 4.39 Å². The zero-order chi connectivity index (χ0) is 22.7. The highest BCUT2D eigenvalue weighted by Gasteiger charge is 2.34. The van der Waals surface area contributed by atoms with Gasteiger partial charge in [0, 0.05) is 23.5 Å². The van der Waals surface area contributed by atoms with Gasteiger partial charge in [-0.3, -0.25) is 9.59 Å². The Labute approximate surface area is 191 Å². The summed E-state index contributed by atoms with van der Waals surface area (Å²) in [5.41, 5.74) is 3.57. The Morgan fingerprint density at radius 3 is 2.72 bits per heavy atom. The highest BCUT2D eigenvalue weighted by atomic mass is 32.1. The van der Waals surface area contributed by atoms with Gasteiger partial charge in [0.05, 0.1) is 6.04 Å². The normalized spacial score (nSPS) is 15.2. The largest absolute Gasteiger partial charge is 0.330 e. The van der Waals surface area contributed by atoms with E-state index in [0.29, 0.717) is 6.54 Å². The minimum absolute atomic E-state index is 0.0940. The predicted octanol–water partition coefficient (Wildman–Crippen LogP) is 5.00. The molecule has 1 aromatic heterocycles. The van der Waals surface area contributed by atoms with Crippen molar-refractivity contribution < 1.29 is 14.0 Å². The summed E-state index contributed by atoms with van der Waals surface area (Å²) < 4.78 is 13.6. The number of amides is 2. The van der Waals surface area contributed by atoms with Gasteiger partial charge in [-0.05, 0) is 54.1 Å². The summed E-state index contributed by atoms with van der Waals surface area (Å²) in [4.78, 5) is 31.1. The molecule has 1 unspecified atom stereocenters. The fourth-order valence-electron chi connectivity index (χ4n) is 4.13. The van der Waals surface area contributed by atoms with Gasteiger partial charge in [0.1, 0.15) is 12.4 Å². The molecule has 32 heavy (non-hydrogen) atoms. The first-order valence-corrected chi connectivity index (χ1v) is 11.4. The van der Waals surface area contributed by atoms with Crippen molar-refractivity contribution in [3.05, 3.63) is 106 Å². The maximum atomic E-state index is 13.6. The maximum absolute atomic E-state index is 13.6. The van der Waals surface area contributed by atoms with Gasteiger partial charge in [0.15, 0.2) is 0 Å². The first-order valence-electron chi connectivity index (χ1n) is 10.6. The van der Waals surface area contributed by atoms with Crippen LogP contribution in [-0.2, 0) is 11.2 Å². The highest BCUT2D eigenvalue weighted by Crippen LogP contribution is 2.38. The van der Waals surface area contributed by atoms with Gasteiger partial charge >= 0.3 is 0 Å². The Morgan fingerprint density at radius 1 is 1.22 bits per heavy atom. The van der Waals surface area contributed by atoms with Crippen molar-refractivity contribution in [3.8, 4) is 0 Å². The average molecular weight is 449 g/mol. The minimum atomic E-state index is -0.485. The lowest BCUT2D eigenvalue weighted by molar-refractivity contribution is -0.133. The van der Waals surface area contributed by atoms with Crippen LogP contribution < -0.4 is 0 Å². The molecular formula is C26H25FN2O2S. The summed E-state index contributed by atoms with van der Waals surface area (Å²) in [5, 5.41) is 2.07.